The number of nitrogens with one attached hydrogen (secondary N) is 1. The van der Waals surface area contributed by atoms with Crippen LogP contribution in [0.4, 0.5) is 0 Å². The summed E-state index contributed by atoms with van der Waals surface area (Å²) in [5.74, 6) is -0.238. The van der Waals surface area contributed by atoms with Crippen LogP contribution in [0.5, 0.6) is 5.75 Å². The molecule has 0 spiro atoms. The molecule has 0 aromatic heterocycles. The number of phenolic OH excluding ortho intramolecular Hbond substituents is 1. The van der Waals surface area contributed by atoms with Gasteiger partial charge in [-0.2, -0.15) is 5.10 Å². The molecule has 0 atom stereocenters. The number of ether oxygens (including phenoxy) is 1. The second kappa shape index (κ2) is 8.45. The maximum atomic E-state index is 12.0. The van der Waals surface area contributed by atoms with Crippen molar-refractivity contribution < 1.29 is 14.6 Å². The number of hydrogen-bond donors (Lipinski definition) is 2. The van der Waals surface area contributed by atoms with Crippen LogP contribution in [-0.4, -0.2) is 23.8 Å². The Hall–Kier alpha value is -2.18. The summed E-state index contributed by atoms with van der Waals surface area (Å²) in [4.78, 5) is 12.0. The van der Waals surface area contributed by atoms with Gasteiger partial charge in [0.15, 0.2) is 0 Å². The van der Waals surface area contributed by atoms with E-state index >= 15 is 0 Å². The summed E-state index contributed by atoms with van der Waals surface area (Å²) in [6, 6.07) is 12.1. The van der Waals surface area contributed by atoms with Crippen molar-refractivity contribution in [3.8, 4) is 5.75 Å². The number of phenols is 1. The van der Waals surface area contributed by atoms with Crippen molar-refractivity contribution in [2.24, 2.45) is 5.10 Å². The average molecular weight is 377 g/mol. The highest BCUT2D eigenvalue weighted by atomic mass is 79.9. The van der Waals surface area contributed by atoms with Crippen LogP contribution in [-0.2, 0) is 11.3 Å². The zero-order chi connectivity index (χ0) is 16.7. The van der Waals surface area contributed by atoms with Crippen molar-refractivity contribution in [3.05, 3.63) is 63.6 Å². The molecule has 2 aromatic carbocycles. The van der Waals surface area contributed by atoms with Crippen molar-refractivity contribution in [2.45, 2.75) is 13.5 Å². The van der Waals surface area contributed by atoms with Crippen molar-refractivity contribution in [1.82, 2.24) is 5.43 Å². The van der Waals surface area contributed by atoms with Gasteiger partial charge in [0.25, 0.3) is 5.91 Å². The van der Waals surface area contributed by atoms with Crippen LogP contribution in [0, 0.1) is 0 Å². The van der Waals surface area contributed by atoms with Crippen LogP contribution in [0.2, 0.25) is 0 Å². The van der Waals surface area contributed by atoms with Gasteiger partial charge in [-0.1, -0.05) is 28.1 Å². The molecule has 0 radical (unpaired) electrons. The molecule has 23 heavy (non-hydrogen) atoms. The van der Waals surface area contributed by atoms with Crippen LogP contribution in [0.25, 0.3) is 0 Å². The summed E-state index contributed by atoms with van der Waals surface area (Å²) < 4.78 is 6.07. The second-order valence-electron chi connectivity index (χ2n) is 4.74. The van der Waals surface area contributed by atoms with Gasteiger partial charge in [0.05, 0.1) is 12.8 Å². The Balaban J connectivity index is 1.95. The van der Waals surface area contributed by atoms with E-state index in [9.17, 15) is 9.90 Å². The van der Waals surface area contributed by atoms with Crippen LogP contribution in [0.15, 0.2) is 52.0 Å². The minimum atomic E-state index is -0.319. The number of rotatable bonds is 6. The molecule has 6 heteroatoms. The first kappa shape index (κ1) is 17.2. The summed E-state index contributed by atoms with van der Waals surface area (Å²) in [7, 11) is 0. The molecule has 0 aliphatic heterocycles. The molecule has 0 unspecified atom stereocenters. The van der Waals surface area contributed by atoms with Crippen LogP contribution < -0.4 is 5.43 Å². The van der Waals surface area contributed by atoms with E-state index < -0.39 is 0 Å². The number of hydrazone groups is 1. The maximum Gasteiger partial charge on any atom is 0.271 e. The fourth-order valence-electron chi connectivity index (χ4n) is 1.82. The minimum absolute atomic E-state index is 0.0812. The quantitative estimate of drug-likeness (QED) is 0.598. The van der Waals surface area contributed by atoms with E-state index in [4.69, 9.17) is 4.74 Å². The lowest BCUT2D eigenvalue weighted by Gasteiger charge is -2.04. The molecule has 0 heterocycles. The highest BCUT2D eigenvalue weighted by molar-refractivity contribution is 9.10. The summed E-state index contributed by atoms with van der Waals surface area (Å²) in [6.07, 6.45) is 1.39. The van der Waals surface area contributed by atoms with Crippen molar-refractivity contribution in [3.63, 3.8) is 0 Å². The number of carbonyl (C=O) groups excluding carboxylic acids is 1. The monoisotopic (exact) mass is 376 g/mol. The summed E-state index contributed by atoms with van der Waals surface area (Å²) in [5.41, 5.74) is 4.45. The third-order valence-electron chi connectivity index (χ3n) is 3.05. The van der Waals surface area contributed by atoms with Gasteiger partial charge >= 0.3 is 0 Å². The lowest BCUT2D eigenvalue weighted by Crippen LogP contribution is -2.17. The molecule has 0 fully saturated rings. The van der Waals surface area contributed by atoms with E-state index in [1.807, 2.05) is 19.1 Å². The van der Waals surface area contributed by atoms with E-state index in [0.29, 0.717) is 24.3 Å². The maximum absolute atomic E-state index is 12.0. The van der Waals surface area contributed by atoms with Gasteiger partial charge in [-0.05, 0) is 42.8 Å². The predicted octanol–water partition coefficient (Wildman–Crippen LogP) is 3.46. The zero-order valence-electron chi connectivity index (χ0n) is 12.6. The van der Waals surface area contributed by atoms with Gasteiger partial charge in [0.1, 0.15) is 5.75 Å². The van der Waals surface area contributed by atoms with E-state index in [-0.39, 0.29) is 11.7 Å². The van der Waals surface area contributed by atoms with Gasteiger partial charge in [0, 0.05) is 22.2 Å². The Morgan fingerprint density at radius 2 is 2.04 bits per heavy atom. The van der Waals surface area contributed by atoms with Crippen LogP contribution in [0.3, 0.4) is 0 Å². The largest absolute Gasteiger partial charge is 0.507 e. The molecule has 120 valence electrons. The minimum Gasteiger partial charge on any atom is -0.507 e. The zero-order valence-corrected chi connectivity index (χ0v) is 14.2. The van der Waals surface area contributed by atoms with Gasteiger partial charge in [0.2, 0.25) is 0 Å². The average Bonchev–Trinajstić information content (AvgIpc) is 2.55. The van der Waals surface area contributed by atoms with Crippen molar-refractivity contribution >= 4 is 28.1 Å². The van der Waals surface area contributed by atoms with Crippen LogP contribution >= 0.6 is 15.9 Å². The molecule has 0 aliphatic rings. The number of halogens is 1. The van der Waals surface area contributed by atoms with Gasteiger partial charge in [-0.15, -0.1) is 0 Å². The molecule has 0 saturated carbocycles. The highest BCUT2D eigenvalue weighted by Gasteiger charge is 2.04. The third kappa shape index (κ3) is 5.19. The highest BCUT2D eigenvalue weighted by Crippen LogP contribution is 2.20. The molecule has 5 nitrogen and oxygen atoms in total. The topological polar surface area (TPSA) is 70.9 Å². The number of aromatic hydroxyl groups is 1. The fourth-order valence-corrected chi connectivity index (χ4v) is 2.17. The van der Waals surface area contributed by atoms with Crippen molar-refractivity contribution in [1.29, 1.82) is 0 Å². The number of benzene rings is 2. The Kier molecular flexibility index (Phi) is 6.31. The normalized spacial score (nSPS) is 10.9. The lowest BCUT2D eigenvalue weighted by atomic mass is 10.1. The summed E-state index contributed by atoms with van der Waals surface area (Å²) >= 11 is 3.26. The van der Waals surface area contributed by atoms with E-state index in [1.54, 1.807) is 30.3 Å². The first-order valence-electron chi connectivity index (χ1n) is 7.08. The van der Waals surface area contributed by atoms with Crippen molar-refractivity contribution in [2.75, 3.05) is 6.61 Å². The summed E-state index contributed by atoms with van der Waals surface area (Å²) in [5, 5.41) is 13.6. The number of nitrogens with zero attached hydrogens (tertiary/aromatic N) is 1. The fraction of sp³-hybridized carbons (Fsp3) is 0.176. The molecule has 2 N–H and O–H groups in total. The van der Waals surface area contributed by atoms with Gasteiger partial charge < -0.3 is 9.84 Å². The Labute approximate surface area is 143 Å². The lowest BCUT2D eigenvalue weighted by molar-refractivity contribution is 0.0955. The second-order valence-corrected chi connectivity index (χ2v) is 5.65. The Morgan fingerprint density at radius 3 is 2.70 bits per heavy atom. The molecule has 0 saturated heterocycles. The van der Waals surface area contributed by atoms with E-state index in [2.05, 4.69) is 26.5 Å². The SMILES string of the molecule is CCOCc1ccc(C(=O)N/N=C/c2ccc(Br)cc2O)cc1. The van der Waals surface area contributed by atoms with Gasteiger partial charge in [-0.25, -0.2) is 5.43 Å². The molecular weight excluding hydrogens is 360 g/mol. The molecule has 0 aliphatic carbocycles. The van der Waals surface area contributed by atoms with E-state index in [1.165, 1.54) is 6.21 Å². The Bertz CT molecular complexity index is 699. The predicted molar refractivity (Wildman–Crippen MR) is 92.6 cm³/mol. The molecular formula is C17H17BrN2O3. The third-order valence-corrected chi connectivity index (χ3v) is 3.54. The van der Waals surface area contributed by atoms with E-state index in [0.717, 1.165) is 10.0 Å². The molecule has 0 bridgehead atoms. The number of carbonyl (C=O) groups is 1. The summed E-state index contributed by atoms with van der Waals surface area (Å²) in [6.45, 7) is 3.11. The molecule has 2 aromatic rings. The standard InChI is InChI=1S/C17H17BrN2O3/c1-2-23-11-12-3-5-13(6-4-12)17(22)20-19-10-14-7-8-15(18)9-16(14)21/h3-10,21H,2,11H2,1H3,(H,20,22)/b19-10+. The Morgan fingerprint density at radius 1 is 1.30 bits per heavy atom. The van der Waals surface area contributed by atoms with Crippen LogP contribution in [0.1, 0.15) is 28.4 Å². The number of amides is 1. The van der Waals surface area contributed by atoms with Gasteiger partial charge in [-0.3, -0.25) is 4.79 Å². The number of hydrogen-bond acceptors (Lipinski definition) is 4. The molecule has 2 rings (SSSR count). The molecule has 1 amide bonds. The first-order valence-corrected chi connectivity index (χ1v) is 7.88. The first-order chi connectivity index (χ1) is 11.1. The smallest absolute Gasteiger partial charge is 0.271 e.